The van der Waals surface area contributed by atoms with Crippen LogP contribution in [0.4, 0.5) is 10.1 Å². The number of rotatable bonds is 3. The van der Waals surface area contributed by atoms with Crippen molar-refractivity contribution in [2.45, 2.75) is 6.92 Å². The van der Waals surface area contributed by atoms with Crippen LogP contribution >= 0.6 is 12.2 Å². The van der Waals surface area contributed by atoms with Crippen LogP contribution in [0.2, 0.25) is 0 Å². The summed E-state index contributed by atoms with van der Waals surface area (Å²) in [6.45, 7) is 5.18. The molecule has 1 fully saturated rings. The van der Waals surface area contributed by atoms with Gasteiger partial charge >= 0.3 is 0 Å². The summed E-state index contributed by atoms with van der Waals surface area (Å²) in [7, 11) is 1.64. The van der Waals surface area contributed by atoms with Crippen LogP contribution in [0.3, 0.4) is 0 Å². The van der Waals surface area contributed by atoms with Gasteiger partial charge in [-0.3, -0.25) is 9.69 Å². The van der Waals surface area contributed by atoms with Gasteiger partial charge in [0.05, 0.1) is 6.54 Å². The number of amides is 1. The van der Waals surface area contributed by atoms with Crippen LogP contribution in [0.25, 0.3) is 0 Å². The second-order valence-corrected chi connectivity index (χ2v) is 5.72. The predicted octanol–water partition coefficient (Wildman–Crippen LogP) is 1.19. The summed E-state index contributed by atoms with van der Waals surface area (Å²) in [5, 5.41) is 6.27. The lowest BCUT2D eigenvalue weighted by Gasteiger charge is -2.35. The Bertz CT molecular complexity index is 558. The van der Waals surface area contributed by atoms with Crippen LogP contribution in [0.1, 0.15) is 5.56 Å². The van der Waals surface area contributed by atoms with Gasteiger partial charge in [-0.15, -0.1) is 0 Å². The van der Waals surface area contributed by atoms with Crippen LogP contribution < -0.4 is 10.6 Å². The Kier molecular flexibility index (Phi) is 5.68. The first-order valence-corrected chi connectivity index (χ1v) is 7.65. The molecule has 2 rings (SSSR count). The fourth-order valence-electron chi connectivity index (χ4n) is 2.26. The number of hydrogen-bond donors (Lipinski definition) is 2. The number of thiocarbonyl (C=S) groups is 1. The minimum atomic E-state index is -0.247. The van der Waals surface area contributed by atoms with E-state index < -0.39 is 0 Å². The standard InChI is InChI=1S/C15H21FN4OS/c1-11-3-4-12(9-13(11)16)18-15(22)20-7-5-19(6-8-20)10-14(21)17-2/h3-4,9H,5-8,10H2,1-2H3,(H,17,21)(H,18,22). The number of nitrogens with zero attached hydrogens (tertiary/aromatic N) is 2. The highest BCUT2D eigenvalue weighted by Crippen LogP contribution is 2.14. The van der Waals surface area contributed by atoms with Gasteiger partial charge in [-0.2, -0.15) is 0 Å². The van der Waals surface area contributed by atoms with Crippen molar-refractivity contribution < 1.29 is 9.18 Å². The van der Waals surface area contributed by atoms with Crippen LogP contribution in [0, 0.1) is 12.7 Å². The molecule has 1 aliphatic rings. The normalized spacial score (nSPS) is 15.5. The molecule has 0 saturated carbocycles. The van der Waals surface area contributed by atoms with E-state index in [1.165, 1.54) is 6.07 Å². The number of hydrogen-bond acceptors (Lipinski definition) is 3. The molecule has 0 atom stereocenters. The summed E-state index contributed by atoms with van der Waals surface area (Å²) < 4.78 is 13.5. The number of halogens is 1. The van der Waals surface area contributed by atoms with Crippen molar-refractivity contribution in [3.8, 4) is 0 Å². The molecule has 5 nitrogen and oxygen atoms in total. The first-order chi connectivity index (χ1) is 10.5. The molecular formula is C15H21FN4OS. The van der Waals surface area contributed by atoms with E-state index in [9.17, 15) is 9.18 Å². The smallest absolute Gasteiger partial charge is 0.233 e. The fraction of sp³-hybridized carbons (Fsp3) is 0.467. The zero-order chi connectivity index (χ0) is 16.1. The zero-order valence-corrected chi connectivity index (χ0v) is 13.7. The number of anilines is 1. The summed E-state index contributed by atoms with van der Waals surface area (Å²) in [5.74, 6) is -0.229. The number of benzene rings is 1. The summed E-state index contributed by atoms with van der Waals surface area (Å²) in [6, 6.07) is 4.98. The first-order valence-electron chi connectivity index (χ1n) is 7.24. The van der Waals surface area contributed by atoms with E-state index in [-0.39, 0.29) is 11.7 Å². The van der Waals surface area contributed by atoms with Crippen LogP contribution in [0.5, 0.6) is 0 Å². The van der Waals surface area contributed by atoms with Gasteiger partial charge in [0.25, 0.3) is 0 Å². The maximum absolute atomic E-state index is 13.5. The molecule has 0 bridgehead atoms. The zero-order valence-electron chi connectivity index (χ0n) is 12.9. The molecule has 22 heavy (non-hydrogen) atoms. The van der Waals surface area contributed by atoms with E-state index in [1.807, 2.05) is 11.0 Å². The second kappa shape index (κ2) is 7.51. The Morgan fingerprint density at radius 2 is 2.00 bits per heavy atom. The second-order valence-electron chi connectivity index (χ2n) is 5.33. The number of likely N-dealkylation sites (N-methyl/N-ethyl adjacent to an activating group) is 1. The van der Waals surface area contributed by atoms with Crippen molar-refractivity contribution in [1.82, 2.24) is 15.1 Å². The largest absolute Gasteiger partial charge is 0.358 e. The number of carbonyl (C=O) groups excluding carboxylic acids is 1. The topological polar surface area (TPSA) is 47.6 Å². The first kappa shape index (κ1) is 16.6. The van der Waals surface area contributed by atoms with Crippen molar-refractivity contribution in [2.75, 3.05) is 45.1 Å². The van der Waals surface area contributed by atoms with E-state index in [0.717, 1.165) is 26.2 Å². The Labute approximate surface area is 135 Å². The Morgan fingerprint density at radius 3 is 2.59 bits per heavy atom. The van der Waals surface area contributed by atoms with Gasteiger partial charge in [-0.1, -0.05) is 6.07 Å². The summed E-state index contributed by atoms with van der Waals surface area (Å²) in [4.78, 5) is 15.5. The van der Waals surface area contributed by atoms with Crippen molar-refractivity contribution in [3.63, 3.8) is 0 Å². The average Bonchev–Trinajstić information content (AvgIpc) is 2.51. The SMILES string of the molecule is CNC(=O)CN1CCN(C(=S)Nc2ccc(C)c(F)c2)CC1. The maximum atomic E-state index is 13.5. The van der Waals surface area contributed by atoms with Crippen LogP contribution in [-0.4, -0.2) is 60.6 Å². The van der Waals surface area contributed by atoms with Crippen molar-refractivity contribution in [1.29, 1.82) is 0 Å². The molecular weight excluding hydrogens is 303 g/mol. The van der Waals surface area contributed by atoms with Crippen LogP contribution in [0.15, 0.2) is 18.2 Å². The lowest BCUT2D eigenvalue weighted by atomic mass is 10.2. The highest BCUT2D eigenvalue weighted by molar-refractivity contribution is 7.80. The molecule has 0 unspecified atom stereocenters. The summed E-state index contributed by atoms with van der Waals surface area (Å²) in [6.07, 6.45) is 0. The van der Waals surface area contributed by atoms with Gasteiger partial charge in [0.1, 0.15) is 5.82 Å². The third-order valence-corrected chi connectivity index (χ3v) is 4.09. The molecule has 0 radical (unpaired) electrons. The summed E-state index contributed by atoms with van der Waals surface area (Å²) in [5.41, 5.74) is 1.26. The van der Waals surface area contributed by atoms with E-state index in [1.54, 1.807) is 20.0 Å². The molecule has 1 amide bonds. The predicted molar refractivity (Wildman–Crippen MR) is 89.4 cm³/mol. The maximum Gasteiger partial charge on any atom is 0.233 e. The van der Waals surface area contributed by atoms with Gasteiger partial charge in [-0.25, -0.2) is 4.39 Å². The molecule has 1 aliphatic heterocycles. The Hall–Kier alpha value is -1.73. The van der Waals surface area contributed by atoms with Crippen molar-refractivity contribution in [2.24, 2.45) is 0 Å². The minimum absolute atomic E-state index is 0.0179. The lowest BCUT2D eigenvalue weighted by Crippen LogP contribution is -2.51. The molecule has 1 aromatic carbocycles. The molecule has 0 aliphatic carbocycles. The number of piperazine rings is 1. The Morgan fingerprint density at radius 1 is 1.32 bits per heavy atom. The van der Waals surface area contributed by atoms with Gasteiger partial charge in [0.2, 0.25) is 5.91 Å². The third-order valence-electron chi connectivity index (χ3n) is 3.73. The molecule has 120 valence electrons. The molecule has 1 aromatic rings. The van der Waals surface area contributed by atoms with Gasteiger partial charge in [0, 0.05) is 38.9 Å². The van der Waals surface area contributed by atoms with Crippen molar-refractivity contribution >= 4 is 28.9 Å². The Balaban J connectivity index is 1.84. The quantitative estimate of drug-likeness (QED) is 0.818. The number of nitrogens with one attached hydrogen (secondary N) is 2. The van der Waals surface area contributed by atoms with E-state index in [0.29, 0.717) is 22.9 Å². The minimum Gasteiger partial charge on any atom is -0.358 e. The molecule has 1 saturated heterocycles. The fourth-order valence-corrected chi connectivity index (χ4v) is 2.56. The monoisotopic (exact) mass is 324 g/mol. The average molecular weight is 324 g/mol. The lowest BCUT2D eigenvalue weighted by molar-refractivity contribution is -0.122. The molecule has 7 heteroatoms. The third kappa shape index (κ3) is 4.38. The van der Waals surface area contributed by atoms with Crippen molar-refractivity contribution in [3.05, 3.63) is 29.6 Å². The number of aryl methyl sites for hydroxylation is 1. The molecule has 1 heterocycles. The molecule has 0 aromatic heterocycles. The van der Waals surface area contributed by atoms with Crippen LogP contribution in [-0.2, 0) is 4.79 Å². The van der Waals surface area contributed by atoms with E-state index in [2.05, 4.69) is 15.5 Å². The highest BCUT2D eigenvalue weighted by atomic mass is 32.1. The van der Waals surface area contributed by atoms with E-state index in [4.69, 9.17) is 12.2 Å². The molecule has 2 N–H and O–H groups in total. The van der Waals surface area contributed by atoms with E-state index >= 15 is 0 Å². The van der Waals surface area contributed by atoms with Gasteiger partial charge in [-0.05, 0) is 36.8 Å². The van der Waals surface area contributed by atoms with Gasteiger partial charge in [0.15, 0.2) is 5.11 Å². The summed E-state index contributed by atoms with van der Waals surface area (Å²) >= 11 is 5.38. The molecule has 0 spiro atoms. The number of carbonyl (C=O) groups is 1. The van der Waals surface area contributed by atoms with Gasteiger partial charge < -0.3 is 15.5 Å². The highest BCUT2D eigenvalue weighted by Gasteiger charge is 2.20.